The van der Waals surface area contributed by atoms with Gasteiger partial charge in [0, 0.05) is 0 Å². The monoisotopic (exact) mass is 410 g/mol. The number of rotatable bonds is 10. The maximum absolute atomic E-state index is 12.2. The van der Waals surface area contributed by atoms with Crippen LogP contribution in [0.5, 0.6) is 17.2 Å². The molecule has 0 unspecified atom stereocenters. The van der Waals surface area contributed by atoms with Crippen molar-refractivity contribution in [3.63, 3.8) is 0 Å². The van der Waals surface area contributed by atoms with Gasteiger partial charge in [0.2, 0.25) is 0 Å². The Morgan fingerprint density at radius 3 is 2.00 bits per heavy atom. The Kier molecular flexibility index (Phi) is 8.61. The summed E-state index contributed by atoms with van der Waals surface area (Å²) in [6, 6.07) is 14.1. The molecule has 2 aromatic carbocycles. The lowest BCUT2D eigenvalue weighted by molar-refractivity contribution is 0.0734. The summed E-state index contributed by atoms with van der Waals surface area (Å²) in [6.07, 6.45) is 10.7. The Hall–Kier alpha value is -2.49. The lowest BCUT2D eigenvalue weighted by Crippen LogP contribution is -2.15. The summed E-state index contributed by atoms with van der Waals surface area (Å²) in [5.41, 5.74) is 0.486. The van der Waals surface area contributed by atoms with Gasteiger partial charge in [0.05, 0.1) is 19.3 Å². The van der Waals surface area contributed by atoms with Crippen molar-refractivity contribution in [2.45, 2.75) is 58.3 Å². The summed E-state index contributed by atoms with van der Waals surface area (Å²) in [5, 5.41) is 0. The molecule has 0 aliphatic heterocycles. The van der Waals surface area contributed by atoms with Gasteiger partial charge in [-0.05, 0) is 73.2 Å². The first-order chi connectivity index (χ1) is 14.7. The second-order valence-corrected chi connectivity index (χ2v) is 8.26. The normalized spacial score (nSPS) is 18.6. The van der Waals surface area contributed by atoms with E-state index in [0.29, 0.717) is 17.1 Å². The molecule has 0 heterocycles. The minimum Gasteiger partial charge on any atom is -0.497 e. The standard InChI is InChI=1S/C26H34O4/c1-3-5-20-7-9-21(10-8-20)6-4-19-29-24-15-17-25(18-16-24)30-26(27)22-11-13-23(28-2)14-12-22/h11-18,20-21H,3-10,19H2,1-2H3. The average molecular weight is 411 g/mol. The Labute approximate surface area is 180 Å². The van der Waals surface area contributed by atoms with Crippen LogP contribution in [0.2, 0.25) is 0 Å². The molecule has 0 aromatic heterocycles. The smallest absolute Gasteiger partial charge is 0.343 e. The fraction of sp³-hybridized carbons (Fsp3) is 0.500. The number of esters is 1. The van der Waals surface area contributed by atoms with Crippen molar-refractivity contribution < 1.29 is 19.0 Å². The second kappa shape index (κ2) is 11.6. The highest BCUT2D eigenvalue weighted by molar-refractivity contribution is 5.91. The molecule has 4 nitrogen and oxygen atoms in total. The topological polar surface area (TPSA) is 44.8 Å². The Morgan fingerprint density at radius 1 is 0.833 bits per heavy atom. The highest BCUT2D eigenvalue weighted by Gasteiger charge is 2.20. The number of methoxy groups -OCH3 is 1. The summed E-state index contributed by atoms with van der Waals surface area (Å²) in [7, 11) is 1.59. The van der Waals surface area contributed by atoms with E-state index in [1.165, 1.54) is 44.9 Å². The Morgan fingerprint density at radius 2 is 1.40 bits per heavy atom. The van der Waals surface area contributed by atoms with Crippen LogP contribution < -0.4 is 14.2 Å². The molecule has 0 atom stereocenters. The molecule has 2 aromatic rings. The van der Waals surface area contributed by atoms with Gasteiger partial charge in [-0.3, -0.25) is 0 Å². The van der Waals surface area contributed by atoms with Crippen LogP contribution in [-0.4, -0.2) is 19.7 Å². The highest BCUT2D eigenvalue weighted by Crippen LogP contribution is 2.33. The van der Waals surface area contributed by atoms with Crippen molar-refractivity contribution in [1.82, 2.24) is 0 Å². The van der Waals surface area contributed by atoms with E-state index in [1.807, 2.05) is 12.1 Å². The van der Waals surface area contributed by atoms with Crippen molar-refractivity contribution >= 4 is 5.97 Å². The lowest BCUT2D eigenvalue weighted by Gasteiger charge is -2.28. The van der Waals surface area contributed by atoms with Crippen molar-refractivity contribution in [2.75, 3.05) is 13.7 Å². The number of ether oxygens (including phenoxy) is 3. The minimum atomic E-state index is -0.389. The molecule has 0 bridgehead atoms. The van der Waals surface area contributed by atoms with Gasteiger partial charge in [0.25, 0.3) is 0 Å². The quantitative estimate of drug-likeness (QED) is 0.249. The van der Waals surface area contributed by atoms with Gasteiger partial charge in [-0.15, -0.1) is 0 Å². The largest absolute Gasteiger partial charge is 0.497 e. The van der Waals surface area contributed by atoms with E-state index >= 15 is 0 Å². The van der Waals surface area contributed by atoms with Crippen LogP contribution in [0.1, 0.15) is 68.6 Å². The number of hydrogen-bond acceptors (Lipinski definition) is 4. The number of hydrogen-bond donors (Lipinski definition) is 0. The van der Waals surface area contributed by atoms with Crippen LogP contribution in [0.15, 0.2) is 48.5 Å². The van der Waals surface area contributed by atoms with Crippen LogP contribution in [-0.2, 0) is 0 Å². The molecule has 4 heteroatoms. The highest BCUT2D eigenvalue weighted by atomic mass is 16.5. The molecule has 3 rings (SSSR count). The Balaban J connectivity index is 1.36. The first-order valence-corrected chi connectivity index (χ1v) is 11.3. The zero-order valence-electron chi connectivity index (χ0n) is 18.3. The predicted molar refractivity (Wildman–Crippen MR) is 119 cm³/mol. The van der Waals surface area contributed by atoms with Crippen LogP contribution in [0.25, 0.3) is 0 Å². The van der Waals surface area contributed by atoms with Crippen molar-refractivity contribution in [2.24, 2.45) is 11.8 Å². The lowest BCUT2D eigenvalue weighted by atomic mass is 9.78. The first kappa shape index (κ1) is 22.2. The van der Waals surface area contributed by atoms with Crippen LogP contribution >= 0.6 is 0 Å². The van der Waals surface area contributed by atoms with Crippen LogP contribution in [0.3, 0.4) is 0 Å². The van der Waals surface area contributed by atoms with Gasteiger partial charge in [0.15, 0.2) is 0 Å². The molecule has 162 valence electrons. The van der Waals surface area contributed by atoms with Gasteiger partial charge in [-0.25, -0.2) is 4.79 Å². The summed E-state index contributed by atoms with van der Waals surface area (Å²) < 4.78 is 16.4. The fourth-order valence-corrected chi connectivity index (χ4v) is 4.28. The number of benzene rings is 2. The SMILES string of the molecule is CCCC1CCC(CCCOc2ccc(OC(=O)c3ccc(OC)cc3)cc2)CC1. The van der Waals surface area contributed by atoms with E-state index in [-0.39, 0.29) is 5.97 Å². The molecule has 0 amide bonds. The molecule has 0 spiro atoms. The van der Waals surface area contributed by atoms with Crippen molar-refractivity contribution in [3.8, 4) is 17.2 Å². The van der Waals surface area contributed by atoms with E-state index in [0.717, 1.165) is 30.6 Å². The van der Waals surface area contributed by atoms with E-state index < -0.39 is 0 Å². The van der Waals surface area contributed by atoms with E-state index in [9.17, 15) is 4.79 Å². The molecule has 1 saturated carbocycles. The van der Waals surface area contributed by atoms with Crippen molar-refractivity contribution in [1.29, 1.82) is 0 Å². The molecule has 30 heavy (non-hydrogen) atoms. The third kappa shape index (κ3) is 6.79. The van der Waals surface area contributed by atoms with Crippen LogP contribution in [0.4, 0.5) is 0 Å². The summed E-state index contributed by atoms with van der Waals surface area (Å²) >= 11 is 0. The molecule has 0 radical (unpaired) electrons. The molecule has 1 aliphatic carbocycles. The number of carbonyl (C=O) groups excluding carboxylic acids is 1. The maximum Gasteiger partial charge on any atom is 0.343 e. The summed E-state index contributed by atoms with van der Waals surface area (Å²) in [6.45, 7) is 3.03. The van der Waals surface area contributed by atoms with E-state index in [2.05, 4.69) is 6.92 Å². The first-order valence-electron chi connectivity index (χ1n) is 11.3. The molecule has 1 aliphatic rings. The molecular formula is C26H34O4. The minimum absolute atomic E-state index is 0.389. The predicted octanol–water partition coefficient (Wildman–Crippen LogP) is 6.68. The van der Waals surface area contributed by atoms with Crippen LogP contribution in [0, 0.1) is 11.8 Å². The van der Waals surface area contributed by atoms with Gasteiger partial charge in [-0.2, -0.15) is 0 Å². The van der Waals surface area contributed by atoms with Gasteiger partial charge in [-0.1, -0.05) is 45.4 Å². The van der Waals surface area contributed by atoms with Gasteiger partial charge < -0.3 is 14.2 Å². The second-order valence-electron chi connectivity index (χ2n) is 8.26. The third-order valence-corrected chi connectivity index (χ3v) is 6.05. The molecule has 0 N–H and O–H groups in total. The molecular weight excluding hydrogens is 376 g/mol. The zero-order valence-corrected chi connectivity index (χ0v) is 18.3. The van der Waals surface area contributed by atoms with Gasteiger partial charge in [0.1, 0.15) is 17.2 Å². The van der Waals surface area contributed by atoms with Crippen molar-refractivity contribution in [3.05, 3.63) is 54.1 Å². The van der Waals surface area contributed by atoms with E-state index in [1.54, 1.807) is 43.5 Å². The van der Waals surface area contributed by atoms with E-state index in [4.69, 9.17) is 14.2 Å². The average Bonchev–Trinajstić information content (AvgIpc) is 2.79. The fourth-order valence-electron chi connectivity index (χ4n) is 4.28. The molecule has 0 saturated heterocycles. The zero-order chi connectivity index (χ0) is 21.2. The summed E-state index contributed by atoms with van der Waals surface area (Å²) in [5.74, 6) is 3.48. The molecule has 1 fully saturated rings. The third-order valence-electron chi connectivity index (χ3n) is 6.05. The van der Waals surface area contributed by atoms with Gasteiger partial charge >= 0.3 is 5.97 Å². The maximum atomic E-state index is 12.2. The summed E-state index contributed by atoms with van der Waals surface area (Å²) in [4.78, 5) is 12.2. The Bertz CT molecular complexity index is 759. The number of carbonyl (C=O) groups is 1.